The van der Waals surface area contributed by atoms with E-state index in [0.717, 1.165) is 36.9 Å². The van der Waals surface area contributed by atoms with Gasteiger partial charge in [0.2, 0.25) is 0 Å². The number of allylic oxidation sites excluding steroid dienone is 2. The fraction of sp³-hybridized carbons (Fsp3) is 0.467. The van der Waals surface area contributed by atoms with Crippen molar-refractivity contribution in [1.29, 1.82) is 0 Å². The van der Waals surface area contributed by atoms with Crippen LogP contribution in [0.5, 0.6) is 0 Å². The van der Waals surface area contributed by atoms with Crippen molar-refractivity contribution in [3.05, 3.63) is 102 Å². The molecule has 4 rings (SSSR count). The van der Waals surface area contributed by atoms with Crippen LogP contribution in [0.15, 0.2) is 90.8 Å². The molecule has 0 fully saturated rings. The van der Waals surface area contributed by atoms with E-state index in [2.05, 4.69) is 120 Å². The maximum atomic E-state index is 11.7. The van der Waals surface area contributed by atoms with Crippen LogP contribution >= 0.6 is 0 Å². The number of aliphatic hydroxyl groups excluding tert-OH is 1. The van der Waals surface area contributed by atoms with Crippen molar-refractivity contribution >= 4 is 38.6 Å². The molecular weight excluding hydrogens is 851 g/mol. The summed E-state index contributed by atoms with van der Waals surface area (Å²) in [7, 11) is 0. The van der Waals surface area contributed by atoms with Crippen LogP contribution < -0.4 is 8.79 Å². The predicted octanol–water partition coefficient (Wildman–Crippen LogP) is 11.6. The minimum absolute atomic E-state index is 0. The Hall–Kier alpha value is -2.53. The SMILES string of the molecule is CC(C)[CH2][Ge]([CH2]C(C)C)([c]1ccccc1)[c]1ccnc(-c2[c-]c3ccccc3c(C(C)C)c2)c1.CCC(CC)C(=O)/C=C(\O)C(CC)CC.[Ir]. The second-order valence-corrected chi connectivity index (χ2v) is 23.6. The number of rotatable bonds is 15. The molecule has 273 valence electrons. The molecule has 0 amide bonds. The van der Waals surface area contributed by atoms with Crippen LogP contribution in [-0.4, -0.2) is 29.1 Å². The first-order chi connectivity index (χ1) is 23.4. The molecule has 3 nitrogen and oxygen atoms in total. The van der Waals surface area contributed by atoms with Gasteiger partial charge >= 0.3 is 209 Å². The number of benzene rings is 3. The molecular formula is C45H62GeIrNO2-. The van der Waals surface area contributed by atoms with Crippen molar-refractivity contribution < 1.29 is 30.0 Å². The minimum atomic E-state index is -2.66. The van der Waals surface area contributed by atoms with Crippen molar-refractivity contribution in [1.82, 2.24) is 4.98 Å². The zero-order chi connectivity index (χ0) is 36.1. The minimum Gasteiger partial charge on any atom is -0.512 e. The van der Waals surface area contributed by atoms with Gasteiger partial charge in [-0.3, -0.25) is 4.79 Å². The Morgan fingerprint density at radius 2 is 1.32 bits per heavy atom. The molecule has 0 saturated carbocycles. The van der Waals surface area contributed by atoms with Gasteiger partial charge in [0, 0.05) is 38.0 Å². The van der Waals surface area contributed by atoms with E-state index in [-0.39, 0.29) is 43.5 Å². The summed E-state index contributed by atoms with van der Waals surface area (Å²) in [5.41, 5.74) is 3.54. The van der Waals surface area contributed by atoms with Gasteiger partial charge in [0.25, 0.3) is 0 Å². The van der Waals surface area contributed by atoms with E-state index in [1.807, 2.05) is 33.9 Å². The average molecular weight is 914 g/mol. The predicted molar refractivity (Wildman–Crippen MR) is 215 cm³/mol. The number of pyridine rings is 1. The monoisotopic (exact) mass is 915 g/mol. The summed E-state index contributed by atoms with van der Waals surface area (Å²) >= 11 is -2.66. The number of fused-ring (bicyclic) bond motifs is 1. The molecule has 1 heterocycles. The Bertz CT molecular complexity index is 1630. The van der Waals surface area contributed by atoms with Crippen LogP contribution in [0.25, 0.3) is 22.0 Å². The summed E-state index contributed by atoms with van der Waals surface area (Å²) in [6.07, 6.45) is 6.95. The summed E-state index contributed by atoms with van der Waals surface area (Å²) < 4.78 is 3.14. The molecule has 4 aromatic rings. The van der Waals surface area contributed by atoms with E-state index in [0.29, 0.717) is 17.8 Å². The van der Waals surface area contributed by atoms with E-state index in [9.17, 15) is 9.90 Å². The molecule has 1 radical (unpaired) electrons. The Balaban J connectivity index is 0.000000461. The molecule has 5 heteroatoms. The van der Waals surface area contributed by atoms with Gasteiger partial charge in [0.1, 0.15) is 0 Å². The summed E-state index contributed by atoms with van der Waals surface area (Å²) in [5, 5.41) is 14.8. The van der Waals surface area contributed by atoms with Gasteiger partial charge in [-0.15, -0.1) is 0 Å². The van der Waals surface area contributed by atoms with Crippen LogP contribution in [0.3, 0.4) is 0 Å². The number of aromatic nitrogens is 1. The Labute approximate surface area is 320 Å². The second-order valence-electron chi connectivity index (χ2n) is 14.9. The largest absolute Gasteiger partial charge is 0.512 e. The van der Waals surface area contributed by atoms with E-state index in [1.54, 1.807) is 8.79 Å². The number of hydrogen-bond acceptors (Lipinski definition) is 3. The number of carbonyl (C=O) groups is 1. The van der Waals surface area contributed by atoms with Crippen molar-refractivity contribution in [2.45, 2.75) is 111 Å². The van der Waals surface area contributed by atoms with Crippen molar-refractivity contribution in [3.63, 3.8) is 0 Å². The third kappa shape index (κ3) is 11.5. The zero-order valence-corrected chi connectivity index (χ0v) is 36.8. The van der Waals surface area contributed by atoms with Gasteiger partial charge in [0.05, 0.1) is 5.76 Å². The molecule has 0 saturated heterocycles. The quantitative estimate of drug-likeness (QED) is 0.0559. The van der Waals surface area contributed by atoms with Gasteiger partial charge < -0.3 is 5.11 Å². The molecule has 50 heavy (non-hydrogen) atoms. The molecule has 1 aromatic heterocycles. The summed E-state index contributed by atoms with van der Waals surface area (Å²) in [5.74, 6) is 2.32. The first-order valence-electron chi connectivity index (χ1n) is 18.8. The fourth-order valence-corrected chi connectivity index (χ4v) is 19.7. The summed E-state index contributed by atoms with van der Waals surface area (Å²) in [6.45, 7) is 22.2. The van der Waals surface area contributed by atoms with Gasteiger partial charge in [0.15, 0.2) is 5.78 Å². The van der Waals surface area contributed by atoms with Crippen molar-refractivity contribution in [3.8, 4) is 11.3 Å². The third-order valence-electron chi connectivity index (χ3n) is 9.94. The number of hydrogen-bond donors (Lipinski definition) is 1. The van der Waals surface area contributed by atoms with E-state index < -0.39 is 13.3 Å². The first-order valence-corrected chi connectivity index (χ1v) is 23.9. The number of aliphatic hydroxyl groups is 1. The van der Waals surface area contributed by atoms with E-state index in [1.165, 1.54) is 32.9 Å². The smallest absolute Gasteiger partial charge is 0.162 e. The van der Waals surface area contributed by atoms with Crippen molar-refractivity contribution in [2.75, 3.05) is 0 Å². The molecule has 0 unspecified atom stereocenters. The standard InChI is InChI=1S/C32H38GeN.C13H24O2.Ir/c1-23(2)21-33(22-24(3)4,28-13-8-7-9-14-28)29-16-17-34-32(20-29)27-18-26-12-10-11-15-30(26)31(19-27)25(5)6;1-5-10(6-2)12(14)9-13(15)11(7-3)8-4;/h7-17,19-20,23-25H,21-22H2,1-6H3;9-11,14H,5-8H2,1-4H3;/q-1;;/b;12-9-;. The molecule has 3 aromatic carbocycles. The van der Waals surface area contributed by atoms with Crippen molar-refractivity contribution in [2.24, 2.45) is 23.7 Å². The third-order valence-corrected chi connectivity index (χ3v) is 22.3. The number of carbonyl (C=O) groups excluding carboxylic acids is 1. The normalized spacial score (nSPS) is 12.1. The average Bonchev–Trinajstić information content (AvgIpc) is 3.08. The second kappa shape index (κ2) is 21.1. The molecule has 0 aliphatic carbocycles. The molecule has 0 atom stereocenters. The zero-order valence-electron chi connectivity index (χ0n) is 32.3. The van der Waals surface area contributed by atoms with E-state index in [4.69, 9.17) is 4.98 Å². The Morgan fingerprint density at radius 3 is 1.86 bits per heavy atom. The van der Waals surface area contributed by atoms with Gasteiger partial charge in [-0.2, -0.15) is 0 Å². The van der Waals surface area contributed by atoms with Gasteiger partial charge in [-0.25, -0.2) is 0 Å². The fourth-order valence-electron chi connectivity index (χ4n) is 7.40. The Morgan fingerprint density at radius 1 is 0.760 bits per heavy atom. The van der Waals surface area contributed by atoms with Gasteiger partial charge in [-0.1, -0.05) is 27.7 Å². The first kappa shape index (κ1) is 43.6. The van der Waals surface area contributed by atoms with Crippen LogP contribution in [-0.2, 0) is 24.9 Å². The summed E-state index contributed by atoms with van der Waals surface area (Å²) in [4.78, 5) is 16.6. The Kier molecular flexibility index (Phi) is 18.4. The van der Waals surface area contributed by atoms with Crippen LogP contribution in [0.4, 0.5) is 0 Å². The molecule has 0 bridgehead atoms. The number of nitrogens with zero attached hydrogens (tertiary/aromatic N) is 1. The maximum Gasteiger partial charge on any atom is 0.162 e. The van der Waals surface area contributed by atoms with Crippen LogP contribution in [0.2, 0.25) is 10.5 Å². The molecule has 0 spiro atoms. The maximum absolute atomic E-state index is 11.7. The summed E-state index contributed by atoms with van der Waals surface area (Å²) in [6, 6.07) is 30.8. The molecule has 0 aliphatic heterocycles. The molecule has 1 N–H and O–H groups in total. The van der Waals surface area contributed by atoms with E-state index >= 15 is 0 Å². The van der Waals surface area contributed by atoms with Gasteiger partial charge in [-0.05, 0) is 25.7 Å². The van der Waals surface area contributed by atoms with Crippen LogP contribution in [0, 0.1) is 29.7 Å². The van der Waals surface area contributed by atoms with Crippen LogP contribution in [0.1, 0.15) is 106 Å². The number of ketones is 1. The topological polar surface area (TPSA) is 50.2 Å². The molecule has 0 aliphatic rings.